The molecule has 0 radical (unpaired) electrons. The first-order valence-electron chi connectivity index (χ1n) is 6.20. The smallest absolute Gasteiger partial charge is 0.223 e. The highest BCUT2D eigenvalue weighted by Gasteiger charge is 2.25. The summed E-state index contributed by atoms with van der Waals surface area (Å²) in [6.07, 6.45) is -0.394. The van der Waals surface area contributed by atoms with E-state index >= 15 is 0 Å². The van der Waals surface area contributed by atoms with Crippen molar-refractivity contribution in [1.82, 2.24) is 14.8 Å². The van der Waals surface area contributed by atoms with Crippen molar-refractivity contribution in [1.29, 1.82) is 0 Å². The fourth-order valence-electron chi connectivity index (χ4n) is 1.80. The van der Waals surface area contributed by atoms with E-state index in [4.69, 9.17) is 23.2 Å². The van der Waals surface area contributed by atoms with Gasteiger partial charge in [-0.15, -0.1) is 0 Å². The zero-order chi connectivity index (χ0) is 14.7. The molecule has 0 spiro atoms. The van der Waals surface area contributed by atoms with Gasteiger partial charge in [0.15, 0.2) is 5.82 Å². The molecule has 0 aliphatic heterocycles. The van der Waals surface area contributed by atoms with Gasteiger partial charge in [-0.3, -0.25) is 0 Å². The first-order valence-corrected chi connectivity index (χ1v) is 6.95. The van der Waals surface area contributed by atoms with Crippen molar-refractivity contribution in [2.75, 3.05) is 0 Å². The lowest BCUT2D eigenvalue weighted by Gasteiger charge is -2.17. The maximum atomic E-state index is 14.3. The van der Waals surface area contributed by atoms with Crippen LogP contribution in [0.15, 0.2) is 24.5 Å². The molecule has 0 fully saturated rings. The Labute approximate surface area is 126 Å². The van der Waals surface area contributed by atoms with Crippen LogP contribution >= 0.6 is 23.2 Å². The number of nitrogens with zero attached hydrogens (tertiary/aromatic N) is 3. The van der Waals surface area contributed by atoms with Crippen LogP contribution in [0.1, 0.15) is 37.1 Å². The molecule has 1 aromatic carbocycles. The number of aliphatic hydroxyl groups excluding tert-OH is 1. The molecule has 2 atom stereocenters. The van der Waals surface area contributed by atoms with E-state index in [0.29, 0.717) is 17.3 Å². The summed E-state index contributed by atoms with van der Waals surface area (Å²) in [6.45, 7) is 1.98. The second kappa shape index (κ2) is 6.52. The molecule has 2 aromatic rings. The number of benzene rings is 1. The van der Waals surface area contributed by atoms with E-state index in [-0.39, 0.29) is 10.6 Å². The van der Waals surface area contributed by atoms with Crippen LogP contribution in [0.2, 0.25) is 10.0 Å². The third kappa shape index (κ3) is 3.29. The Kier molecular flexibility index (Phi) is 4.96. The molecular weight excluding hydrogens is 304 g/mol. The molecule has 20 heavy (non-hydrogen) atoms. The number of rotatable bonds is 5. The number of hydrogen-bond donors (Lipinski definition) is 1. The summed E-state index contributed by atoms with van der Waals surface area (Å²) in [5.74, 6) is 0.546. The molecule has 1 aromatic heterocycles. The molecular formula is C13H14Cl2FN3O. The topological polar surface area (TPSA) is 50.9 Å². The predicted octanol–water partition coefficient (Wildman–Crippen LogP) is 3.74. The molecule has 0 aliphatic carbocycles. The van der Waals surface area contributed by atoms with Gasteiger partial charge in [-0.25, -0.2) is 14.1 Å². The maximum Gasteiger partial charge on any atom is 0.223 e. The van der Waals surface area contributed by atoms with Crippen molar-refractivity contribution < 1.29 is 9.50 Å². The average Bonchev–Trinajstić information content (AvgIpc) is 2.86. The number of alkyl halides is 1. The summed E-state index contributed by atoms with van der Waals surface area (Å²) in [6, 6.07) is 4.49. The standard InChI is InChI=1S/C13H14Cl2FN3O/c1-2-3-11-17-7-19(18-11)13(16)12(20)9-5-4-8(14)6-10(9)15/h4-7,12-13,20H,2-3H2,1H3. The van der Waals surface area contributed by atoms with Gasteiger partial charge in [0.1, 0.15) is 12.4 Å². The van der Waals surface area contributed by atoms with Gasteiger partial charge in [0.05, 0.1) is 0 Å². The fraction of sp³-hybridized carbons (Fsp3) is 0.385. The highest BCUT2D eigenvalue weighted by molar-refractivity contribution is 6.35. The summed E-state index contributed by atoms with van der Waals surface area (Å²) in [5.41, 5.74) is 0.260. The minimum Gasteiger partial charge on any atom is -0.383 e. The van der Waals surface area contributed by atoms with Crippen molar-refractivity contribution in [2.24, 2.45) is 0 Å². The molecule has 2 unspecified atom stereocenters. The number of aromatic nitrogens is 3. The van der Waals surface area contributed by atoms with Gasteiger partial charge < -0.3 is 5.11 Å². The van der Waals surface area contributed by atoms with Crippen LogP contribution < -0.4 is 0 Å². The van der Waals surface area contributed by atoms with Crippen LogP contribution in [0.4, 0.5) is 4.39 Å². The third-order valence-corrected chi connectivity index (χ3v) is 3.39. The van der Waals surface area contributed by atoms with Crippen molar-refractivity contribution in [3.63, 3.8) is 0 Å². The summed E-state index contributed by atoms with van der Waals surface area (Å²) in [7, 11) is 0. The minimum atomic E-state index is -1.76. The second-order valence-corrected chi connectivity index (χ2v) is 5.22. The summed E-state index contributed by atoms with van der Waals surface area (Å²) in [4.78, 5) is 3.99. The normalized spacial score (nSPS) is 14.2. The molecule has 7 heteroatoms. The Morgan fingerprint density at radius 3 is 2.80 bits per heavy atom. The highest BCUT2D eigenvalue weighted by atomic mass is 35.5. The van der Waals surface area contributed by atoms with E-state index in [0.717, 1.165) is 11.1 Å². The van der Waals surface area contributed by atoms with Crippen molar-refractivity contribution in [3.05, 3.63) is 46.0 Å². The van der Waals surface area contributed by atoms with E-state index in [1.807, 2.05) is 6.92 Å². The van der Waals surface area contributed by atoms with Crippen LogP contribution in [0.25, 0.3) is 0 Å². The van der Waals surface area contributed by atoms with Crippen LogP contribution in [0, 0.1) is 0 Å². The van der Waals surface area contributed by atoms with Gasteiger partial charge >= 0.3 is 0 Å². The first-order chi connectivity index (χ1) is 9.52. The van der Waals surface area contributed by atoms with E-state index in [1.54, 1.807) is 6.07 Å². The zero-order valence-electron chi connectivity index (χ0n) is 10.8. The van der Waals surface area contributed by atoms with Gasteiger partial charge in [0, 0.05) is 22.0 Å². The number of aliphatic hydroxyl groups is 1. The Balaban J connectivity index is 2.20. The SMILES string of the molecule is CCCc1ncn(C(F)C(O)c2ccc(Cl)cc2Cl)n1. The summed E-state index contributed by atoms with van der Waals surface area (Å²) >= 11 is 11.7. The zero-order valence-corrected chi connectivity index (χ0v) is 12.3. The molecule has 0 amide bonds. The van der Waals surface area contributed by atoms with Gasteiger partial charge in [0.2, 0.25) is 6.30 Å². The van der Waals surface area contributed by atoms with E-state index < -0.39 is 12.4 Å². The van der Waals surface area contributed by atoms with E-state index in [1.165, 1.54) is 18.5 Å². The Morgan fingerprint density at radius 2 is 2.15 bits per heavy atom. The van der Waals surface area contributed by atoms with E-state index in [9.17, 15) is 9.50 Å². The lowest BCUT2D eigenvalue weighted by molar-refractivity contribution is 0.0252. The largest absolute Gasteiger partial charge is 0.383 e. The first kappa shape index (κ1) is 15.2. The Bertz CT molecular complexity index is 591. The van der Waals surface area contributed by atoms with Gasteiger partial charge in [-0.05, 0) is 18.6 Å². The van der Waals surface area contributed by atoms with Crippen molar-refractivity contribution >= 4 is 23.2 Å². The highest BCUT2D eigenvalue weighted by Crippen LogP contribution is 2.33. The number of hydrogen-bond acceptors (Lipinski definition) is 3. The molecule has 0 saturated carbocycles. The molecule has 4 nitrogen and oxygen atoms in total. The Morgan fingerprint density at radius 1 is 1.40 bits per heavy atom. The molecule has 0 bridgehead atoms. The quantitative estimate of drug-likeness (QED) is 0.914. The third-order valence-electron chi connectivity index (χ3n) is 2.82. The number of aryl methyl sites for hydroxylation is 1. The molecule has 0 saturated heterocycles. The lowest BCUT2D eigenvalue weighted by atomic mass is 10.1. The van der Waals surface area contributed by atoms with Crippen LogP contribution in [-0.2, 0) is 6.42 Å². The summed E-state index contributed by atoms with van der Waals surface area (Å²) < 4.78 is 15.3. The monoisotopic (exact) mass is 317 g/mol. The lowest BCUT2D eigenvalue weighted by Crippen LogP contribution is -2.15. The Hall–Kier alpha value is -1.17. The van der Waals surface area contributed by atoms with Gasteiger partial charge in [0.25, 0.3) is 0 Å². The number of halogens is 3. The predicted molar refractivity (Wildman–Crippen MR) is 75.6 cm³/mol. The van der Waals surface area contributed by atoms with Gasteiger partial charge in [-0.2, -0.15) is 5.10 Å². The van der Waals surface area contributed by atoms with Crippen LogP contribution in [-0.4, -0.2) is 19.9 Å². The average molecular weight is 318 g/mol. The minimum absolute atomic E-state index is 0.210. The van der Waals surface area contributed by atoms with Crippen LogP contribution in [0.3, 0.4) is 0 Å². The maximum absolute atomic E-state index is 14.3. The summed E-state index contributed by atoms with van der Waals surface area (Å²) in [5, 5.41) is 14.7. The molecule has 108 valence electrons. The molecule has 1 heterocycles. The molecule has 2 rings (SSSR count). The van der Waals surface area contributed by atoms with E-state index in [2.05, 4.69) is 10.1 Å². The van der Waals surface area contributed by atoms with Gasteiger partial charge in [-0.1, -0.05) is 36.2 Å². The van der Waals surface area contributed by atoms with Crippen LogP contribution in [0.5, 0.6) is 0 Å². The van der Waals surface area contributed by atoms with Crippen molar-refractivity contribution in [2.45, 2.75) is 32.2 Å². The second-order valence-electron chi connectivity index (χ2n) is 4.37. The molecule has 1 N–H and O–H groups in total. The fourth-order valence-corrected chi connectivity index (χ4v) is 2.32. The molecule has 0 aliphatic rings. The van der Waals surface area contributed by atoms with Crippen molar-refractivity contribution in [3.8, 4) is 0 Å².